The number of hydrogen-bond donors (Lipinski definition) is 0. The van der Waals surface area contributed by atoms with Gasteiger partial charge in [0.2, 0.25) is 0 Å². The first-order valence-electron chi connectivity index (χ1n) is 8.90. The van der Waals surface area contributed by atoms with Crippen LogP contribution in [0.15, 0.2) is 34.4 Å². The SMILES string of the molecule is Cc1nc2ccccc2n(Cc2nc(CN3CCN(C)CC3)cs2)c1=O. The Hall–Kier alpha value is -2.09. The second-order valence-corrected chi connectivity index (χ2v) is 7.83. The van der Waals surface area contributed by atoms with Crippen molar-refractivity contribution in [3.8, 4) is 0 Å². The summed E-state index contributed by atoms with van der Waals surface area (Å²) in [7, 11) is 2.16. The molecule has 7 heteroatoms. The molecule has 3 heterocycles. The van der Waals surface area contributed by atoms with Gasteiger partial charge in [-0.25, -0.2) is 9.97 Å². The predicted molar refractivity (Wildman–Crippen MR) is 105 cm³/mol. The molecular formula is C19H23N5OS. The van der Waals surface area contributed by atoms with E-state index in [-0.39, 0.29) is 5.56 Å². The average molecular weight is 369 g/mol. The predicted octanol–water partition coefficient (Wildman–Crippen LogP) is 1.96. The Balaban J connectivity index is 1.55. The molecule has 3 aromatic rings. The molecule has 6 nitrogen and oxygen atoms in total. The normalized spacial score (nSPS) is 16.4. The third-order valence-electron chi connectivity index (χ3n) is 4.89. The number of fused-ring (bicyclic) bond motifs is 1. The maximum atomic E-state index is 12.6. The summed E-state index contributed by atoms with van der Waals surface area (Å²) in [5, 5.41) is 3.08. The highest BCUT2D eigenvalue weighted by molar-refractivity contribution is 7.09. The Morgan fingerprint density at radius 1 is 1.08 bits per heavy atom. The first-order valence-corrected chi connectivity index (χ1v) is 9.78. The maximum Gasteiger partial charge on any atom is 0.272 e. The van der Waals surface area contributed by atoms with Crippen molar-refractivity contribution in [2.45, 2.75) is 20.0 Å². The third kappa shape index (κ3) is 3.56. The number of hydrogen-bond acceptors (Lipinski definition) is 6. The molecule has 0 N–H and O–H groups in total. The lowest BCUT2D eigenvalue weighted by Gasteiger charge is -2.31. The van der Waals surface area contributed by atoms with Gasteiger partial charge in [-0.1, -0.05) is 12.1 Å². The minimum Gasteiger partial charge on any atom is -0.304 e. The van der Waals surface area contributed by atoms with Gasteiger partial charge in [0, 0.05) is 38.1 Å². The zero-order valence-electron chi connectivity index (χ0n) is 15.2. The van der Waals surface area contributed by atoms with Crippen LogP contribution in [0.3, 0.4) is 0 Å². The van der Waals surface area contributed by atoms with Crippen LogP contribution in [-0.4, -0.2) is 57.6 Å². The van der Waals surface area contributed by atoms with E-state index in [1.807, 2.05) is 24.3 Å². The number of aryl methyl sites for hydroxylation is 1. The summed E-state index contributed by atoms with van der Waals surface area (Å²) in [6.07, 6.45) is 0. The quantitative estimate of drug-likeness (QED) is 0.704. The lowest BCUT2D eigenvalue weighted by Crippen LogP contribution is -2.43. The monoisotopic (exact) mass is 369 g/mol. The van der Waals surface area contributed by atoms with Crippen LogP contribution in [0.2, 0.25) is 0 Å². The van der Waals surface area contributed by atoms with Gasteiger partial charge >= 0.3 is 0 Å². The Morgan fingerprint density at radius 3 is 2.65 bits per heavy atom. The van der Waals surface area contributed by atoms with Crippen molar-refractivity contribution in [2.24, 2.45) is 0 Å². The summed E-state index contributed by atoms with van der Waals surface area (Å²) in [5.41, 5.74) is 3.29. The van der Waals surface area contributed by atoms with E-state index in [9.17, 15) is 4.79 Å². The fourth-order valence-corrected chi connectivity index (χ4v) is 4.11. The van der Waals surface area contributed by atoms with E-state index in [2.05, 4.69) is 27.2 Å². The largest absolute Gasteiger partial charge is 0.304 e. The van der Waals surface area contributed by atoms with Crippen molar-refractivity contribution in [1.29, 1.82) is 0 Å². The van der Waals surface area contributed by atoms with Gasteiger partial charge in [0.1, 0.15) is 10.7 Å². The molecule has 0 saturated carbocycles. The van der Waals surface area contributed by atoms with Crippen LogP contribution in [0.1, 0.15) is 16.4 Å². The minimum absolute atomic E-state index is 0.0421. The molecule has 2 aromatic heterocycles. The van der Waals surface area contributed by atoms with E-state index in [0.717, 1.165) is 54.5 Å². The number of likely N-dealkylation sites (N-methyl/N-ethyl adjacent to an activating group) is 1. The van der Waals surface area contributed by atoms with Gasteiger partial charge in [-0.05, 0) is 26.1 Å². The number of para-hydroxylation sites is 2. The molecule has 0 unspecified atom stereocenters. The van der Waals surface area contributed by atoms with E-state index in [1.165, 1.54) is 0 Å². The molecule has 26 heavy (non-hydrogen) atoms. The second kappa shape index (κ2) is 7.26. The summed E-state index contributed by atoms with van der Waals surface area (Å²) in [6.45, 7) is 7.52. The molecule has 136 valence electrons. The summed E-state index contributed by atoms with van der Waals surface area (Å²) in [6, 6.07) is 7.78. The Morgan fingerprint density at radius 2 is 1.85 bits per heavy atom. The molecule has 0 amide bonds. The van der Waals surface area contributed by atoms with Crippen LogP contribution >= 0.6 is 11.3 Å². The van der Waals surface area contributed by atoms with Gasteiger partial charge < -0.3 is 4.90 Å². The van der Waals surface area contributed by atoms with Crippen LogP contribution in [0.4, 0.5) is 0 Å². The van der Waals surface area contributed by atoms with Gasteiger partial charge in [-0.2, -0.15) is 0 Å². The van der Waals surface area contributed by atoms with Crippen LogP contribution < -0.4 is 5.56 Å². The van der Waals surface area contributed by atoms with Gasteiger partial charge in [-0.15, -0.1) is 11.3 Å². The summed E-state index contributed by atoms with van der Waals surface area (Å²) < 4.78 is 1.79. The highest BCUT2D eigenvalue weighted by Gasteiger charge is 2.16. The Labute approximate surface area is 156 Å². The fourth-order valence-electron chi connectivity index (χ4n) is 3.34. The second-order valence-electron chi connectivity index (χ2n) is 6.89. The molecule has 4 rings (SSSR count). The number of piperazine rings is 1. The van der Waals surface area contributed by atoms with Crippen molar-refractivity contribution in [3.63, 3.8) is 0 Å². The third-order valence-corrected chi connectivity index (χ3v) is 5.77. The van der Waals surface area contributed by atoms with E-state index < -0.39 is 0 Å². The Bertz CT molecular complexity index is 971. The van der Waals surface area contributed by atoms with Gasteiger partial charge in [-0.3, -0.25) is 14.3 Å². The van der Waals surface area contributed by atoms with Crippen molar-refractivity contribution in [2.75, 3.05) is 33.2 Å². The van der Waals surface area contributed by atoms with Crippen molar-refractivity contribution >= 4 is 22.4 Å². The van der Waals surface area contributed by atoms with E-state index >= 15 is 0 Å². The fraction of sp³-hybridized carbons (Fsp3) is 0.421. The van der Waals surface area contributed by atoms with Gasteiger partial charge in [0.05, 0.1) is 23.3 Å². The molecule has 0 aliphatic carbocycles. The molecule has 0 bridgehead atoms. The minimum atomic E-state index is -0.0421. The lowest BCUT2D eigenvalue weighted by molar-refractivity contribution is 0.147. The number of aromatic nitrogens is 3. The van der Waals surface area contributed by atoms with Crippen LogP contribution in [-0.2, 0) is 13.1 Å². The van der Waals surface area contributed by atoms with E-state index in [4.69, 9.17) is 4.98 Å². The molecule has 0 atom stereocenters. The standard InChI is InChI=1S/C19H23N5OS/c1-14-19(25)24(17-6-4-3-5-16(17)20-14)12-18-21-15(13-26-18)11-23-9-7-22(2)8-10-23/h3-6,13H,7-12H2,1-2H3. The molecule has 1 aliphatic rings. The molecule has 1 saturated heterocycles. The molecular weight excluding hydrogens is 346 g/mol. The first-order chi connectivity index (χ1) is 12.6. The maximum absolute atomic E-state index is 12.6. The molecule has 1 aromatic carbocycles. The summed E-state index contributed by atoms with van der Waals surface area (Å²) in [4.78, 5) is 26.6. The zero-order chi connectivity index (χ0) is 18.1. The van der Waals surface area contributed by atoms with Crippen LogP contribution in [0.5, 0.6) is 0 Å². The van der Waals surface area contributed by atoms with Gasteiger partial charge in [0.15, 0.2) is 0 Å². The highest BCUT2D eigenvalue weighted by atomic mass is 32.1. The molecule has 1 aliphatic heterocycles. The number of nitrogens with zero attached hydrogens (tertiary/aromatic N) is 5. The van der Waals surface area contributed by atoms with Crippen molar-refractivity contribution < 1.29 is 0 Å². The van der Waals surface area contributed by atoms with Crippen LogP contribution in [0.25, 0.3) is 11.0 Å². The lowest BCUT2D eigenvalue weighted by atomic mass is 10.3. The molecule has 0 spiro atoms. The van der Waals surface area contributed by atoms with Crippen molar-refractivity contribution in [1.82, 2.24) is 24.3 Å². The number of thiazole rings is 1. The van der Waals surface area contributed by atoms with E-state index in [1.54, 1.807) is 22.8 Å². The molecule has 1 fully saturated rings. The number of rotatable bonds is 4. The zero-order valence-corrected chi connectivity index (χ0v) is 16.0. The number of benzene rings is 1. The van der Waals surface area contributed by atoms with E-state index in [0.29, 0.717) is 12.2 Å². The van der Waals surface area contributed by atoms with Gasteiger partial charge in [0.25, 0.3) is 5.56 Å². The van der Waals surface area contributed by atoms with Crippen LogP contribution in [0, 0.1) is 6.92 Å². The smallest absolute Gasteiger partial charge is 0.272 e. The Kier molecular flexibility index (Phi) is 4.84. The highest BCUT2D eigenvalue weighted by Crippen LogP contribution is 2.16. The summed E-state index contributed by atoms with van der Waals surface area (Å²) >= 11 is 1.63. The topological polar surface area (TPSA) is 54.3 Å². The summed E-state index contributed by atoms with van der Waals surface area (Å²) in [5.74, 6) is 0. The first kappa shape index (κ1) is 17.3. The van der Waals surface area contributed by atoms with Crippen molar-refractivity contribution in [3.05, 3.63) is 56.4 Å². The average Bonchev–Trinajstić information content (AvgIpc) is 3.08. The molecule has 0 radical (unpaired) electrons.